The Bertz CT molecular complexity index is 1630. The van der Waals surface area contributed by atoms with Gasteiger partial charge in [-0.3, -0.25) is 9.59 Å². The molecule has 0 aliphatic heterocycles. The number of aryl methyl sites for hydroxylation is 1. The average molecular weight is 512 g/mol. The van der Waals surface area contributed by atoms with Crippen LogP contribution in [0.25, 0.3) is 22.3 Å². The Morgan fingerprint density at radius 1 is 0.892 bits per heavy atom. The zero-order valence-corrected chi connectivity index (χ0v) is 20.6. The number of rotatable bonds is 7. The van der Waals surface area contributed by atoms with Crippen molar-refractivity contribution in [3.8, 4) is 28.6 Å². The molecule has 1 aromatic heterocycles. The second-order valence-electron chi connectivity index (χ2n) is 8.35. The zero-order valence-electron chi connectivity index (χ0n) is 19.9. The van der Waals surface area contributed by atoms with Crippen LogP contribution in [0.4, 0.5) is 5.69 Å². The van der Waals surface area contributed by atoms with E-state index in [9.17, 15) is 9.59 Å². The summed E-state index contributed by atoms with van der Waals surface area (Å²) in [5.74, 6) is 1.00. The highest BCUT2D eigenvalue weighted by molar-refractivity contribution is 6.33. The third-order valence-corrected chi connectivity index (χ3v) is 5.92. The fourth-order valence-electron chi connectivity index (χ4n) is 3.80. The van der Waals surface area contributed by atoms with Crippen LogP contribution in [0, 0.1) is 6.92 Å². The Morgan fingerprint density at radius 2 is 1.59 bits per heavy atom. The van der Waals surface area contributed by atoms with Gasteiger partial charge in [0, 0.05) is 11.3 Å². The first-order valence-electron chi connectivity index (χ1n) is 11.6. The van der Waals surface area contributed by atoms with Gasteiger partial charge in [-0.15, -0.1) is 0 Å². The number of carbonyl (C=O) groups excluding carboxylic acids is 1. The summed E-state index contributed by atoms with van der Waals surface area (Å²) in [4.78, 5) is 26.0. The fourth-order valence-corrected chi connectivity index (χ4v) is 4.02. The molecule has 4 aromatic carbocycles. The van der Waals surface area contributed by atoms with Crippen molar-refractivity contribution >= 4 is 34.2 Å². The number of benzene rings is 4. The van der Waals surface area contributed by atoms with Crippen molar-refractivity contribution in [1.29, 1.82) is 0 Å². The standard InChI is InChI=1S/C30H22ClNO5/c1-19-11-16-24-26(17-19)37-29(23-9-5-6-10-25(23)31)30(28(24)34)35-18-27(33)32-20-12-14-22(15-13-20)36-21-7-3-2-4-8-21/h2-17H,18H2,1H3,(H,32,33). The molecule has 0 saturated carbocycles. The topological polar surface area (TPSA) is 77.8 Å². The molecule has 5 aromatic rings. The Morgan fingerprint density at radius 3 is 2.35 bits per heavy atom. The number of amides is 1. The molecule has 1 N–H and O–H groups in total. The number of hydrogen-bond donors (Lipinski definition) is 1. The number of carbonyl (C=O) groups is 1. The lowest BCUT2D eigenvalue weighted by Gasteiger charge is -2.13. The summed E-state index contributed by atoms with van der Waals surface area (Å²) in [6, 6.07) is 28.6. The maximum absolute atomic E-state index is 13.3. The first-order valence-corrected chi connectivity index (χ1v) is 11.9. The van der Waals surface area contributed by atoms with Gasteiger partial charge in [0.15, 0.2) is 12.4 Å². The van der Waals surface area contributed by atoms with E-state index in [2.05, 4.69) is 5.32 Å². The van der Waals surface area contributed by atoms with Crippen molar-refractivity contribution in [2.75, 3.05) is 11.9 Å². The molecule has 5 rings (SSSR count). The van der Waals surface area contributed by atoms with E-state index >= 15 is 0 Å². The highest BCUT2D eigenvalue weighted by atomic mass is 35.5. The lowest BCUT2D eigenvalue weighted by molar-refractivity contribution is -0.118. The van der Waals surface area contributed by atoms with E-state index in [1.807, 2.05) is 43.3 Å². The van der Waals surface area contributed by atoms with Crippen LogP contribution >= 0.6 is 11.6 Å². The molecular weight excluding hydrogens is 490 g/mol. The highest BCUT2D eigenvalue weighted by Gasteiger charge is 2.20. The molecule has 37 heavy (non-hydrogen) atoms. The number of ether oxygens (including phenoxy) is 2. The molecule has 0 aliphatic carbocycles. The lowest BCUT2D eigenvalue weighted by atomic mass is 10.1. The highest BCUT2D eigenvalue weighted by Crippen LogP contribution is 2.35. The molecule has 1 heterocycles. The van der Waals surface area contributed by atoms with Crippen molar-refractivity contribution in [1.82, 2.24) is 0 Å². The fraction of sp³-hybridized carbons (Fsp3) is 0.0667. The molecule has 0 spiro atoms. The van der Waals surface area contributed by atoms with E-state index < -0.39 is 12.5 Å². The van der Waals surface area contributed by atoms with Gasteiger partial charge < -0.3 is 19.2 Å². The van der Waals surface area contributed by atoms with Crippen LogP contribution in [0.2, 0.25) is 5.02 Å². The van der Waals surface area contributed by atoms with E-state index in [0.717, 1.165) is 5.56 Å². The normalized spacial score (nSPS) is 10.8. The van der Waals surface area contributed by atoms with Crippen molar-refractivity contribution in [3.05, 3.63) is 118 Å². The average Bonchev–Trinajstić information content (AvgIpc) is 2.90. The Labute approximate surface area is 218 Å². The molecule has 7 heteroatoms. The Kier molecular flexibility index (Phi) is 6.92. The summed E-state index contributed by atoms with van der Waals surface area (Å²) in [6.07, 6.45) is 0. The van der Waals surface area contributed by atoms with E-state index in [4.69, 9.17) is 25.5 Å². The predicted molar refractivity (Wildman–Crippen MR) is 145 cm³/mol. The van der Waals surface area contributed by atoms with Gasteiger partial charge in [0.1, 0.15) is 17.1 Å². The van der Waals surface area contributed by atoms with Crippen molar-refractivity contribution in [3.63, 3.8) is 0 Å². The first kappa shape index (κ1) is 24.2. The summed E-state index contributed by atoms with van der Waals surface area (Å²) in [7, 11) is 0. The number of nitrogens with one attached hydrogen (secondary N) is 1. The first-order chi connectivity index (χ1) is 18.0. The van der Waals surface area contributed by atoms with E-state index in [-0.39, 0.29) is 16.9 Å². The minimum Gasteiger partial charge on any atom is -0.476 e. The van der Waals surface area contributed by atoms with Crippen LogP contribution in [-0.4, -0.2) is 12.5 Å². The summed E-state index contributed by atoms with van der Waals surface area (Å²) in [5, 5.41) is 3.51. The van der Waals surface area contributed by atoms with Crippen molar-refractivity contribution < 1.29 is 18.7 Å². The zero-order chi connectivity index (χ0) is 25.8. The SMILES string of the molecule is Cc1ccc2c(=O)c(OCC(=O)Nc3ccc(Oc4ccccc4)cc3)c(-c3ccccc3Cl)oc2c1. The van der Waals surface area contributed by atoms with Gasteiger partial charge in [0.2, 0.25) is 11.2 Å². The molecule has 0 saturated heterocycles. The number of para-hydroxylation sites is 1. The van der Waals surface area contributed by atoms with E-state index in [0.29, 0.717) is 38.7 Å². The lowest BCUT2D eigenvalue weighted by Crippen LogP contribution is -2.22. The van der Waals surface area contributed by atoms with Gasteiger partial charge in [-0.05, 0) is 73.2 Å². The Hall–Kier alpha value is -4.55. The minimum atomic E-state index is -0.440. The largest absolute Gasteiger partial charge is 0.476 e. The monoisotopic (exact) mass is 511 g/mol. The number of halogens is 1. The quantitative estimate of drug-likeness (QED) is 0.249. The van der Waals surface area contributed by atoms with Gasteiger partial charge in [-0.1, -0.05) is 48.0 Å². The third-order valence-electron chi connectivity index (χ3n) is 5.59. The molecule has 184 valence electrons. The Balaban J connectivity index is 1.35. The maximum Gasteiger partial charge on any atom is 0.262 e. The molecule has 0 unspecified atom stereocenters. The molecule has 0 bridgehead atoms. The summed E-state index contributed by atoms with van der Waals surface area (Å²) in [5.41, 5.74) is 2.02. The van der Waals surface area contributed by atoms with E-state index in [1.165, 1.54) is 0 Å². The molecule has 0 atom stereocenters. The predicted octanol–water partition coefficient (Wildman–Crippen LogP) is 7.23. The van der Waals surface area contributed by atoms with Crippen LogP contribution < -0.4 is 20.2 Å². The van der Waals surface area contributed by atoms with Gasteiger partial charge in [0.25, 0.3) is 5.91 Å². The molecule has 0 fully saturated rings. The van der Waals surface area contributed by atoms with Gasteiger partial charge >= 0.3 is 0 Å². The summed E-state index contributed by atoms with van der Waals surface area (Å²) < 4.78 is 17.6. The van der Waals surface area contributed by atoms with Crippen LogP contribution in [0.15, 0.2) is 106 Å². The minimum absolute atomic E-state index is 0.0776. The molecular formula is C30H22ClNO5. The van der Waals surface area contributed by atoms with E-state index in [1.54, 1.807) is 60.7 Å². The van der Waals surface area contributed by atoms with Gasteiger partial charge in [0.05, 0.1) is 10.4 Å². The molecule has 6 nitrogen and oxygen atoms in total. The van der Waals surface area contributed by atoms with Crippen LogP contribution in [0.3, 0.4) is 0 Å². The van der Waals surface area contributed by atoms with Gasteiger partial charge in [-0.2, -0.15) is 0 Å². The second-order valence-corrected chi connectivity index (χ2v) is 8.75. The van der Waals surface area contributed by atoms with Crippen molar-refractivity contribution in [2.24, 2.45) is 0 Å². The van der Waals surface area contributed by atoms with Gasteiger partial charge in [-0.25, -0.2) is 0 Å². The second kappa shape index (κ2) is 10.6. The molecule has 1 amide bonds. The molecule has 0 radical (unpaired) electrons. The maximum atomic E-state index is 13.3. The van der Waals surface area contributed by atoms with Crippen molar-refractivity contribution in [2.45, 2.75) is 6.92 Å². The molecule has 0 aliphatic rings. The number of hydrogen-bond acceptors (Lipinski definition) is 5. The van der Waals surface area contributed by atoms with Crippen LogP contribution in [0.5, 0.6) is 17.2 Å². The third kappa shape index (κ3) is 5.50. The smallest absolute Gasteiger partial charge is 0.262 e. The van der Waals surface area contributed by atoms with Crippen LogP contribution in [0.1, 0.15) is 5.56 Å². The van der Waals surface area contributed by atoms with Crippen LogP contribution in [-0.2, 0) is 4.79 Å². The summed E-state index contributed by atoms with van der Waals surface area (Å²) in [6.45, 7) is 1.51. The number of anilines is 1. The number of fused-ring (bicyclic) bond motifs is 1. The summed E-state index contributed by atoms with van der Waals surface area (Å²) >= 11 is 6.39.